The number of rotatable bonds is 7. The molecule has 1 fully saturated rings. The van der Waals surface area contributed by atoms with Crippen LogP contribution in [0.15, 0.2) is 30.3 Å². The Morgan fingerprint density at radius 2 is 1.75 bits per heavy atom. The normalized spacial score (nSPS) is 24.1. The SMILES string of the molecule is CC(C)C[C@H](O)C(=O)N[C@@H](Cc1ccccc1)C1[C@@H](O)CC[C@@H]1O. The van der Waals surface area contributed by atoms with Gasteiger partial charge in [-0.15, -0.1) is 0 Å². The topological polar surface area (TPSA) is 89.8 Å². The fourth-order valence-electron chi connectivity index (χ4n) is 3.50. The summed E-state index contributed by atoms with van der Waals surface area (Å²) in [6.45, 7) is 3.89. The molecule has 0 saturated heterocycles. The monoisotopic (exact) mass is 335 g/mol. The molecule has 1 aromatic carbocycles. The van der Waals surface area contributed by atoms with E-state index >= 15 is 0 Å². The van der Waals surface area contributed by atoms with Crippen molar-refractivity contribution in [2.24, 2.45) is 11.8 Å². The summed E-state index contributed by atoms with van der Waals surface area (Å²) in [6.07, 6.45) is -0.394. The molecule has 4 atom stereocenters. The van der Waals surface area contributed by atoms with E-state index in [2.05, 4.69) is 5.32 Å². The first-order valence-corrected chi connectivity index (χ1v) is 8.77. The molecule has 0 aliphatic heterocycles. The van der Waals surface area contributed by atoms with Gasteiger partial charge in [-0.25, -0.2) is 0 Å². The van der Waals surface area contributed by atoms with Crippen LogP contribution >= 0.6 is 0 Å². The molecule has 0 bridgehead atoms. The molecule has 0 radical (unpaired) electrons. The number of nitrogens with one attached hydrogen (secondary N) is 1. The molecule has 5 nitrogen and oxygen atoms in total. The van der Waals surface area contributed by atoms with Gasteiger partial charge in [-0.1, -0.05) is 44.2 Å². The number of hydrogen-bond donors (Lipinski definition) is 4. The fourth-order valence-corrected chi connectivity index (χ4v) is 3.50. The average molecular weight is 335 g/mol. The van der Waals surface area contributed by atoms with Crippen molar-refractivity contribution in [1.82, 2.24) is 5.32 Å². The molecule has 24 heavy (non-hydrogen) atoms. The van der Waals surface area contributed by atoms with E-state index in [0.717, 1.165) is 5.56 Å². The van der Waals surface area contributed by atoms with Gasteiger partial charge in [0.15, 0.2) is 0 Å². The van der Waals surface area contributed by atoms with E-state index in [1.165, 1.54) is 0 Å². The molecule has 1 aliphatic carbocycles. The van der Waals surface area contributed by atoms with Gasteiger partial charge in [0.25, 0.3) is 0 Å². The van der Waals surface area contributed by atoms with Crippen molar-refractivity contribution in [3.63, 3.8) is 0 Å². The molecular formula is C19H29NO4. The van der Waals surface area contributed by atoms with E-state index in [1.54, 1.807) is 0 Å². The molecule has 0 unspecified atom stereocenters. The highest BCUT2D eigenvalue weighted by atomic mass is 16.3. The van der Waals surface area contributed by atoms with Crippen LogP contribution in [0, 0.1) is 11.8 Å². The van der Waals surface area contributed by atoms with Gasteiger partial charge in [0, 0.05) is 12.0 Å². The number of aliphatic hydroxyl groups is 3. The Labute approximate surface area is 143 Å². The Morgan fingerprint density at radius 3 is 2.29 bits per heavy atom. The van der Waals surface area contributed by atoms with Crippen LogP contribution in [0.3, 0.4) is 0 Å². The first-order chi connectivity index (χ1) is 11.4. The summed E-state index contributed by atoms with van der Waals surface area (Å²) in [6, 6.07) is 9.26. The van der Waals surface area contributed by atoms with E-state index in [4.69, 9.17) is 0 Å². The number of amides is 1. The van der Waals surface area contributed by atoms with Crippen molar-refractivity contribution in [2.45, 2.75) is 63.9 Å². The third kappa shape index (κ3) is 5.03. The molecule has 5 heteroatoms. The molecule has 0 spiro atoms. The summed E-state index contributed by atoms with van der Waals surface area (Å²) in [5, 5.41) is 33.4. The van der Waals surface area contributed by atoms with E-state index < -0.39 is 36.2 Å². The lowest BCUT2D eigenvalue weighted by Gasteiger charge is -2.30. The molecule has 4 N–H and O–H groups in total. The average Bonchev–Trinajstić information content (AvgIpc) is 2.86. The lowest BCUT2D eigenvalue weighted by molar-refractivity contribution is -0.131. The van der Waals surface area contributed by atoms with Crippen molar-refractivity contribution in [3.05, 3.63) is 35.9 Å². The van der Waals surface area contributed by atoms with Crippen LogP contribution < -0.4 is 5.32 Å². The van der Waals surface area contributed by atoms with Crippen LogP contribution in [-0.4, -0.2) is 45.6 Å². The predicted molar refractivity (Wildman–Crippen MR) is 92.3 cm³/mol. The minimum absolute atomic E-state index is 0.209. The minimum atomic E-state index is -1.07. The van der Waals surface area contributed by atoms with Crippen LogP contribution in [0.1, 0.15) is 38.7 Å². The van der Waals surface area contributed by atoms with Crippen LogP contribution in [0.5, 0.6) is 0 Å². The summed E-state index contributed by atoms with van der Waals surface area (Å²) < 4.78 is 0. The zero-order chi connectivity index (χ0) is 17.7. The highest BCUT2D eigenvalue weighted by Crippen LogP contribution is 2.30. The molecule has 1 amide bonds. The van der Waals surface area contributed by atoms with Crippen LogP contribution in [0.2, 0.25) is 0 Å². The largest absolute Gasteiger partial charge is 0.393 e. The second kappa shape index (κ2) is 8.60. The standard InChI is InChI=1S/C19H29NO4/c1-12(2)10-17(23)19(24)20-14(11-13-6-4-3-5-7-13)18-15(21)8-9-16(18)22/h3-7,12,14-18,21-23H,8-11H2,1-2H3,(H,20,24)/t14-,15-,16-,17-/m0/s1. The maximum atomic E-state index is 12.3. The lowest BCUT2D eigenvalue weighted by Crippen LogP contribution is -2.50. The number of benzene rings is 1. The molecule has 2 rings (SSSR count). The van der Waals surface area contributed by atoms with E-state index in [-0.39, 0.29) is 5.92 Å². The van der Waals surface area contributed by atoms with Crippen molar-refractivity contribution in [3.8, 4) is 0 Å². The summed E-state index contributed by atoms with van der Waals surface area (Å²) in [7, 11) is 0. The molecule has 134 valence electrons. The second-order valence-corrected chi connectivity index (χ2v) is 7.24. The smallest absolute Gasteiger partial charge is 0.249 e. The molecule has 1 aromatic rings. The molecule has 1 aliphatic rings. The Kier molecular flexibility index (Phi) is 6.78. The minimum Gasteiger partial charge on any atom is -0.393 e. The van der Waals surface area contributed by atoms with E-state index in [9.17, 15) is 20.1 Å². The molecule has 1 saturated carbocycles. The Bertz CT molecular complexity index is 509. The van der Waals surface area contributed by atoms with Crippen LogP contribution in [-0.2, 0) is 11.2 Å². The van der Waals surface area contributed by atoms with Crippen molar-refractivity contribution in [2.75, 3.05) is 0 Å². The van der Waals surface area contributed by atoms with Gasteiger partial charge < -0.3 is 20.6 Å². The van der Waals surface area contributed by atoms with Crippen molar-refractivity contribution in [1.29, 1.82) is 0 Å². The van der Waals surface area contributed by atoms with Gasteiger partial charge in [-0.3, -0.25) is 4.79 Å². The van der Waals surface area contributed by atoms with Crippen molar-refractivity contribution < 1.29 is 20.1 Å². The van der Waals surface area contributed by atoms with Gasteiger partial charge in [0.1, 0.15) is 6.10 Å². The maximum absolute atomic E-state index is 12.3. The number of hydrogen-bond acceptors (Lipinski definition) is 4. The summed E-state index contributed by atoms with van der Waals surface area (Å²) in [4.78, 5) is 12.3. The second-order valence-electron chi connectivity index (χ2n) is 7.24. The van der Waals surface area contributed by atoms with Crippen LogP contribution in [0.4, 0.5) is 0 Å². The van der Waals surface area contributed by atoms with E-state index in [1.807, 2.05) is 44.2 Å². The Hall–Kier alpha value is -1.43. The first-order valence-electron chi connectivity index (χ1n) is 8.77. The number of carbonyl (C=O) groups excluding carboxylic acids is 1. The molecule has 0 heterocycles. The first kappa shape index (κ1) is 18.9. The van der Waals surface area contributed by atoms with Gasteiger partial charge in [-0.05, 0) is 37.2 Å². The lowest BCUT2D eigenvalue weighted by atomic mass is 9.88. The highest BCUT2D eigenvalue weighted by molar-refractivity contribution is 5.80. The predicted octanol–water partition coefficient (Wildman–Crippen LogP) is 1.25. The highest BCUT2D eigenvalue weighted by Gasteiger charge is 2.40. The van der Waals surface area contributed by atoms with Gasteiger partial charge in [0.2, 0.25) is 5.91 Å². The van der Waals surface area contributed by atoms with E-state index in [0.29, 0.717) is 25.7 Å². The summed E-state index contributed by atoms with van der Waals surface area (Å²) in [5.41, 5.74) is 1.02. The quantitative estimate of drug-likeness (QED) is 0.604. The molecule has 0 aromatic heterocycles. The number of aliphatic hydroxyl groups excluding tert-OH is 3. The maximum Gasteiger partial charge on any atom is 0.249 e. The zero-order valence-electron chi connectivity index (χ0n) is 14.4. The van der Waals surface area contributed by atoms with Gasteiger partial charge in [0.05, 0.1) is 12.2 Å². The van der Waals surface area contributed by atoms with Crippen molar-refractivity contribution >= 4 is 5.91 Å². The van der Waals surface area contributed by atoms with Gasteiger partial charge in [-0.2, -0.15) is 0 Å². The van der Waals surface area contributed by atoms with Gasteiger partial charge >= 0.3 is 0 Å². The Balaban J connectivity index is 2.12. The zero-order valence-corrected chi connectivity index (χ0v) is 14.4. The number of carbonyl (C=O) groups is 1. The summed E-state index contributed by atoms with van der Waals surface area (Å²) in [5.74, 6) is -0.641. The fraction of sp³-hybridized carbons (Fsp3) is 0.632. The third-order valence-electron chi connectivity index (χ3n) is 4.73. The summed E-state index contributed by atoms with van der Waals surface area (Å²) >= 11 is 0. The van der Waals surface area contributed by atoms with Crippen LogP contribution in [0.25, 0.3) is 0 Å². The molecular weight excluding hydrogens is 306 g/mol. The third-order valence-corrected chi connectivity index (χ3v) is 4.73. The Morgan fingerprint density at radius 1 is 1.17 bits per heavy atom.